The molecule has 0 radical (unpaired) electrons. The molecule has 2 aromatic carbocycles. The molecule has 0 atom stereocenters. The number of thiazole rings is 1. The second kappa shape index (κ2) is 5.22. The van der Waals surface area contributed by atoms with Crippen LogP contribution >= 0.6 is 11.3 Å². The first-order chi connectivity index (χ1) is 11.0. The van der Waals surface area contributed by atoms with Crippen molar-refractivity contribution in [3.05, 3.63) is 60.9 Å². The van der Waals surface area contributed by atoms with Crippen LogP contribution in [-0.2, 0) is 9.31 Å². The van der Waals surface area contributed by atoms with Gasteiger partial charge in [0.25, 0.3) is 0 Å². The Bertz CT molecular complexity index is 888. The highest BCUT2D eigenvalue weighted by molar-refractivity contribution is 7.21. The van der Waals surface area contributed by atoms with Crippen LogP contribution in [0.25, 0.3) is 20.8 Å². The molecule has 0 N–H and O–H groups in total. The third-order valence-corrected chi connectivity index (χ3v) is 5.11. The van der Waals surface area contributed by atoms with E-state index in [1.54, 1.807) is 11.3 Å². The fourth-order valence-corrected chi connectivity index (χ4v) is 3.51. The Morgan fingerprint density at radius 3 is 2.61 bits per heavy atom. The standard InChI is InChI=1S/C18H16BNO2S/c1-12-18(2,3)22-19(21-12)14-9-10-16-15(11-14)20-17(23-16)13-7-5-4-6-8-13/h4-11H,1H2,2-3H3. The summed E-state index contributed by atoms with van der Waals surface area (Å²) in [6.07, 6.45) is 0. The van der Waals surface area contributed by atoms with Gasteiger partial charge < -0.3 is 9.31 Å². The van der Waals surface area contributed by atoms with Gasteiger partial charge in [-0.25, -0.2) is 4.98 Å². The number of fused-ring (bicyclic) bond motifs is 1. The van der Waals surface area contributed by atoms with Gasteiger partial charge >= 0.3 is 7.12 Å². The van der Waals surface area contributed by atoms with E-state index in [0.717, 1.165) is 26.3 Å². The molecule has 2 heterocycles. The number of hydrogen-bond acceptors (Lipinski definition) is 4. The average molecular weight is 321 g/mol. The van der Waals surface area contributed by atoms with E-state index in [1.165, 1.54) is 0 Å². The van der Waals surface area contributed by atoms with Crippen LogP contribution in [0.15, 0.2) is 60.9 Å². The minimum atomic E-state index is -0.461. The van der Waals surface area contributed by atoms with Crippen molar-refractivity contribution in [3.8, 4) is 10.6 Å². The van der Waals surface area contributed by atoms with Crippen molar-refractivity contribution in [3.63, 3.8) is 0 Å². The van der Waals surface area contributed by atoms with Crippen molar-refractivity contribution in [2.45, 2.75) is 19.4 Å². The molecule has 1 aliphatic heterocycles. The molecule has 3 nitrogen and oxygen atoms in total. The van der Waals surface area contributed by atoms with Crippen molar-refractivity contribution < 1.29 is 9.31 Å². The Kier molecular flexibility index (Phi) is 3.29. The van der Waals surface area contributed by atoms with Crippen LogP contribution < -0.4 is 5.46 Å². The van der Waals surface area contributed by atoms with Gasteiger partial charge in [0.15, 0.2) is 0 Å². The van der Waals surface area contributed by atoms with Crippen LogP contribution in [-0.4, -0.2) is 17.7 Å². The van der Waals surface area contributed by atoms with E-state index in [0.29, 0.717) is 5.76 Å². The first kappa shape index (κ1) is 14.5. The first-order valence-electron chi connectivity index (χ1n) is 7.53. The Morgan fingerprint density at radius 2 is 1.91 bits per heavy atom. The maximum Gasteiger partial charge on any atom is 0.563 e. The molecule has 1 saturated heterocycles. The van der Waals surface area contributed by atoms with E-state index in [4.69, 9.17) is 14.3 Å². The van der Waals surface area contributed by atoms with E-state index in [-0.39, 0.29) is 0 Å². The summed E-state index contributed by atoms with van der Waals surface area (Å²) < 4.78 is 12.9. The Balaban J connectivity index is 1.71. The smallest absolute Gasteiger partial charge is 0.534 e. The molecular formula is C18H16BNO2S. The minimum absolute atomic E-state index is 0.413. The van der Waals surface area contributed by atoms with Gasteiger partial charge in [-0.05, 0) is 31.4 Å². The summed E-state index contributed by atoms with van der Waals surface area (Å²) in [7, 11) is -0.413. The molecule has 0 amide bonds. The van der Waals surface area contributed by atoms with Gasteiger partial charge in [0.05, 0.1) is 16.0 Å². The van der Waals surface area contributed by atoms with Gasteiger partial charge in [-0.3, -0.25) is 0 Å². The molecule has 3 aromatic rings. The highest BCUT2D eigenvalue weighted by atomic mass is 32.1. The molecule has 4 rings (SSSR count). The lowest BCUT2D eigenvalue weighted by Crippen LogP contribution is -2.34. The molecular weight excluding hydrogens is 305 g/mol. The van der Waals surface area contributed by atoms with E-state index in [1.807, 2.05) is 44.2 Å². The quantitative estimate of drug-likeness (QED) is 0.669. The molecule has 1 fully saturated rings. The summed E-state index contributed by atoms with van der Waals surface area (Å²) in [5.41, 5.74) is 2.61. The predicted octanol–water partition coefficient (Wildman–Crippen LogP) is 4.00. The van der Waals surface area contributed by atoms with E-state index in [9.17, 15) is 0 Å². The van der Waals surface area contributed by atoms with Crippen molar-refractivity contribution >= 4 is 34.1 Å². The lowest BCUT2D eigenvalue weighted by molar-refractivity contribution is 0.173. The molecule has 1 aliphatic rings. The Morgan fingerprint density at radius 1 is 1.13 bits per heavy atom. The largest absolute Gasteiger partial charge is 0.563 e. The topological polar surface area (TPSA) is 31.4 Å². The average Bonchev–Trinajstić information content (AvgIpc) is 3.08. The summed E-state index contributed by atoms with van der Waals surface area (Å²) in [5.74, 6) is 0.658. The van der Waals surface area contributed by atoms with E-state index in [2.05, 4.69) is 24.8 Å². The highest BCUT2D eigenvalue weighted by Crippen LogP contribution is 2.32. The molecule has 0 bridgehead atoms. The number of nitrogens with zero attached hydrogens (tertiary/aromatic N) is 1. The second-order valence-corrected chi connectivity index (χ2v) is 7.14. The number of aromatic nitrogens is 1. The second-order valence-electron chi connectivity index (χ2n) is 6.11. The van der Waals surface area contributed by atoms with Gasteiger partial charge in [0.1, 0.15) is 10.6 Å². The summed E-state index contributed by atoms with van der Waals surface area (Å²) in [5, 5.41) is 1.02. The van der Waals surface area contributed by atoms with Crippen LogP contribution in [0, 0.1) is 0 Å². The maximum absolute atomic E-state index is 5.94. The zero-order valence-corrected chi connectivity index (χ0v) is 13.9. The normalized spacial score (nSPS) is 16.8. The SMILES string of the molecule is C=C1OB(c2ccc3sc(-c4ccccc4)nc3c2)OC1(C)C. The molecule has 0 aliphatic carbocycles. The monoisotopic (exact) mass is 321 g/mol. The van der Waals surface area contributed by atoms with Crippen molar-refractivity contribution in [1.29, 1.82) is 0 Å². The summed E-state index contributed by atoms with van der Waals surface area (Å²) in [6, 6.07) is 16.4. The predicted molar refractivity (Wildman–Crippen MR) is 95.8 cm³/mol. The minimum Gasteiger partial charge on any atom is -0.534 e. The first-order valence-corrected chi connectivity index (χ1v) is 8.34. The third-order valence-electron chi connectivity index (χ3n) is 4.03. The lowest BCUT2D eigenvalue weighted by atomic mass is 9.79. The molecule has 1 aromatic heterocycles. The van der Waals surface area contributed by atoms with Gasteiger partial charge in [-0.2, -0.15) is 0 Å². The Hall–Kier alpha value is -2.11. The van der Waals surface area contributed by atoms with Crippen molar-refractivity contribution in [2.24, 2.45) is 0 Å². The number of hydrogen-bond donors (Lipinski definition) is 0. The van der Waals surface area contributed by atoms with Crippen LogP contribution in [0.4, 0.5) is 0 Å². The van der Waals surface area contributed by atoms with Gasteiger partial charge in [0.2, 0.25) is 0 Å². The number of benzene rings is 2. The van der Waals surface area contributed by atoms with E-state index >= 15 is 0 Å². The lowest BCUT2D eigenvalue weighted by Gasteiger charge is -2.15. The van der Waals surface area contributed by atoms with E-state index < -0.39 is 12.7 Å². The van der Waals surface area contributed by atoms with Crippen LogP contribution in [0.3, 0.4) is 0 Å². The molecule has 5 heteroatoms. The molecule has 0 spiro atoms. The summed E-state index contributed by atoms with van der Waals surface area (Å²) in [4.78, 5) is 4.76. The van der Waals surface area contributed by atoms with Gasteiger partial charge in [0, 0.05) is 5.56 Å². The molecule has 0 unspecified atom stereocenters. The van der Waals surface area contributed by atoms with Gasteiger partial charge in [-0.15, -0.1) is 11.3 Å². The van der Waals surface area contributed by atoms with Crippen LogP contribution in [0.1, 0.15) is 13.8 Å². The zero-order valence-electron chi connectivity index (χ0n) is 13.1. The maximum atomic E-state index is 5.94. The van der Waals surface area contributed by atoms with Gasteiger partial charge in [-0.1, -0.05) is 43.0 Å². The fraction of sp³-hybridized carbons (Fsp3) is 0.167. The highest BCUT2D eigenvalue weighted by Gasteiger charge is 2.42. The summed E-state index contributed by atoms with van der Waals surface area (Å²) in [6.45, 7) is 7.85. The molecule has 23 heavy (non-hydrogen) atoms. The van der Waals surface area contributed by atoms with Crippen LogP contribution in [0.5, 0.6) is 0 Å². The van der Waals surface area contributed by atoms with Crippen LogP contribution in [0.2, 0.25) is 0 Å². The number of rotatable bonds is 2. The third kappa shape index (κ3) is 2.56. The van der Waals surface area contributed by atoms with Crippen molar-refractivity contribution in [1.82, 2.24) is 4.98 Å². The summed E-state index contributed by atoms with van der Waals surface area (Å²) >= 11 is 1.69. The molecule has 114 valence electrons. The molecule has 0 saturated carbocycles. The fourth-order valence-electron chi connectivity index (χ4n) is 2.56. The zero-order chi connectivity index (χ0) is 16.0. The van der Waals surface area contributed by atoms with Crippen molar-refractivity contribution in [2.75, 3.05) is 0 Å². The Labute approximate surface area is 139 Å².